The molecule has 0 saturated carbocycles. The number of carbonyl (C=O) groups is 1. The van der Waals surface area contributed by atoms with Crippen LogP contribution in [0.3, 0.4) is 0 Å². The number of hydrogen-bond acceptors (Lipinski definition) is 8. The predicted octanol–water partition coefficient (Wildman–Crippen LogP) is 4.83. The number of hydrogen-bond donors (Lipinski definition) is 1. The molecule has 0 unspecified atom stereocenters. The first-order valence-electron chi connectivity index (χ1n) is 12.4. The number of carbonyl (C=O) groups excluding carboxylic acids is 1. The molecule has 0 bridgehead atoms. The summed E-state index contributed by atoms with van der Waals surface area (Å²) in [5.74, 6) is 2.78. The maximum absolute atomic E-state index is 13.2. The fourth-order valence-corrected chi connectivity index (χ4v) is 5.41. The molecule has 0 radical (unpaired) electrons. The van der Waals surface area contributed by atoms with Crippen molar-refractivity contribution in [2.75, 3.05) is 40.1 Å². The van der Waals surface area contributed by atoms with Crippen LogP contribution in [0.4, 0.5) is 0 Å². The number of fused-ring (bicyclic) bond motifs is 2. The van der Waals surface area contributed by atoms with Gasteiger partial charge in [0.1, 0.15) is 17.2 Å². The van der Waals surface area contributed by atoms with Gasteiger partial charge in [0.25, 0.3) is 0 Å². The Bertz CT molecular complexity index is 1430. The van der Waals surface area contributed by atoms with Crippen LogP contribution < -0.4 is 18.9 Å². The van der Waals surface area contributed by atoms with Gasteiger partial charge < -0.3 is 24.1 Å². The Kier molecular flexibility index (Phi) is 6.73. The molecular formula is C29H27BrN2O6. The number of methoxy groups -OCH3 is 1. The average molecular weight is 579 g/mol. The van der Waals surface area contributed by atoms with E-state index in [9.17, 15) is 9.90 Å². The zero-order chi connectivity index (χ0) is 26.2. The fourth-order valence-electron chi connectivity index (χ4n) is 5.04. The summed E-state index contributed by atoms with van der Waals surface area (Å²) < 4.78 is 23.3. The summed E-state index contributed by atoms with van der Waals surface area (Å²) >= 11 is 3.47. The molecule has 1 N–H and O–H groups in total. The lowest BCUT2D eigenvalue weighted by atomic mass is 10.0. The molecule has 3 aromatic carbocycles. The maximum Gasteiger partial charge on any atom is 0.231 e. The van der Waals surface area contributed by atoms with Gasteiger partial charge in [0.15, 0.2) is 17.3 Å². The lowest BCUT2D eigenvalue weighted by Crippen LogP contribution is -2.45. The van der Waals surface area contributed by atoms with Gasteiger partial charge in [0.2, 0.25) is 12.6 Å². The molecule has 3 heterocycles. The van der Waals surface area contributed by atoms with Gasteiger partial charge in [0.05, 0.1) is 18.2 Å². The highest BCUT2D eigenvalue weighted by atomic mass is 79.9. The first-order valence-corrected chi connectivity index (χ1v) is 13.2. The average Bonchev–Trinajstić information content (AvgIpc) is 3.51. The highest BCUT2D eigenvalue weighted by Gasteiger charge is 2.32. The second kappa shape index (κ2) is 10.3. The van der Waals surface area contributed by atoms with Gasteiger partial charge in [-0.25, -0.2) is 0 Å². The van der Waals surface area contributed by atoms with Crippen molar-refractivity contribution in [3.63, 3.8) is 0 Å². The largest absolute Gasteiger partial charge is 0.507 e. The van der Waals surface area contributed by atoms with Crippen molar-refractivity contribution in [1.82, 2.24) is 9.80 Å². The maximum atomic E-state index is 13.2. The van der Waals surface area contributed by atoms with Gasteiger partial charge in [-0.05, 0) is 54.1 Å². The van der Waals surface area contributed by atoms with Crippen molar-refractivity contribution in [3.05, 3.63) is 81.0 Å². The van der Waals surface area contributed by atoms with Crippen molar-refractivity contribution < 1.29 is 28.8 Å². The van der Waals surface area contributed by atoms with E-state index in [-0.39, 0.29) is 24.1 Å². The first-order chi connectivity index (χ1) is 18.5. The predicted molar refractivity (Wildman–Crippen MR) is 145 cm³/mol. The number of phenols is 1. The summed E-state index contributed by atoms with van der Waals surface area (Å²) in [7, 11) is 1.59. The van der Waals surface area contributed by atoms with Crippen LogP contribution in [-0.2, 0) is 13.1 Å². The Morgan fingerprint density at radius 1 is 0.974 bits per heavy atom. The van der Waals surface area contributed by atoms with Crippen molar-refractivity contribution >= 4 is 27.8 Å². The molecule has 196 valence electrons. The Labute approximate surface area is 229 Å². The number of aromatic hydroxyl groups is 1. The topological polar surface area (TPSA) is 80.7 Å². The zero-order valence-corrected chi connectivity index (χ0v) is 22.5. The Hall–Kier alpha value is -3.53. The van der Waals surface area contributed by atoms with Crippen LogP contribution in [0.2, 0.25) is 0 Å². The second-order valence-corrected chi connectivity index (χ2v) is 10.4. The summed E-state index contributed by atoms with van der Waals surface area (Å²) in [6, 6.07) is 14.9. The summed E-state index contributed by atoms with van der Waals surface area (Å²) in [5, 5.41) is 10.7. The van der Waals surface area contributed by atoms with E-state index in [1.54, 1.807) is 25.3 Å². The number of allylic oxidation sites excluding steroid dienone is 1. The lowest BCUT2D eigenvalue weighted by molar-refractivity contribution is 0.101. The molecule has 0 spiro atoms. The van der Waals surface area contributed by atoms with Gasteiger partial charge in [-0.1, -0.05) is 22.0 Å². The number of piperazine rings is 1. The highest BCUT2D eigenvalue weighted by molar-refractivity contribution is 9.10. The molecule has 0 atom stereocenters. The van der Waals surface area contributed by atoms with Crippen LogP contribution in [0.1, 0.15) is 27.0 Å². The van der Waals surface area contributed by atoms with Gasteiger partial charge in [-0.3, -0.25) is 14.6 Å². The standard InChI is InChI=1S/C29H27BrN2O6/c1-35-24-7-3-20(30)13-19(24)14-27-28(34)21-4-5-23(33)22(29(21)38-27)16-32-10-8-31(9-11-32)15-18-2-6-25-26(12-18)37-17-36-25/h2-7,12-14,33H,8-11,15-17H2,1H3/b27-14-. The fraction of sp³-hybridized carbons (Fsp3) is 0.276. The van der Waals surface area contributed by atoms with Gasteiger partial charge in [-0.15, -0.1) is 0 Å². The minimum Gasteiger partial charge on any atom is -0.507 e. The van der Waals surface area contributed by atoms with E-state index in [1.165, 1.54) is 5.56 Å². The SMILES string of the molecule is COc1ccc(Br)cc1/C=C1\Oc2c(ccc(O)c2CN2CCN(Cc3ccc4c(c3)OCO4)CC2)C1=O. The number of Topliss-reactive ketones (excluding diaryl/α,β-unsaturated/α-hetero) is 1. The minimum absolute atomic E-state index is 0.126. The number of nitrogens with zero attached hydrogens (tertiary/aromatic N) is 2. The van der Waals surface area contributed by atoms with E-state index in [0.29, 0.717) is 29.2 Å². The molecule has 6 rings (SSSR count). The molecule has 3 aliphatic rings. The molecule has 3 aliphatic heterocycles. The smallest absolute Gasteiger partial charge is 0.231 e. The lowest BCUT2D eigenvalue weighted by Gasteiger charge is -2.35. The number of ketones is 1. The number of halogens is 1. The van der Waals surface area contributed by atoms with E-state index < -0.39 is 0 Å². The van der Waals surface area contributed by atoms with Crippen LogP contribution in [0.15, 0.2) is 58.8 Å². The molecule has 38 heavy (non-hydrogen) atoms. The van der Waals surface area contributed by atoms with Crippen LogP contribution in [0.25, 0.3) is 6.08 Å². The number of benzene rings is 3. The zero-order valence-electron chi connectivity index (χ0n) is 20.9. The van der Waals surface area contributed by atoms with E-state index in [4.69, 9.17) is 18.9 Å². The summed E-state index contributed by atoms with van der Waals surface area (Å²) in [6.45, 7) is 5.04. The Morgan fingerprint density at radius 2 is 1.74 bits per heavy atom. The monoisotopic (exact) mass is 578 g/mol. The molecule has 9 heteroatoms. The number of ether oxygens (including phenoxy) is 4. The van der Waals surface area contributed by atoms with Crippen molar-refractivity contribution in [2.24, 2.45) is 0 Å². The van der Waals surface area contributed by atoms with Crippen molar-refractivity contribution in [3.8, 4) is 28.7 Å². The molecule has 3 aromatic rings. The van der Waals surface area contributed by atoms with E-state index in [0.717, 1.165) is 54.3 Å². The number of phenolic OH excluding ortho intramolecular Hbond substituents is 1. The first kappa shape index (κ1) is 24.8. The molecule has 8 nitrogen and oxygen atoms in total. The third-order valence-corrected chi connectivity index (χ3v) is 7.58. The molecule has 1 saturated heterocycles. The van der Waals surface area contributed by atoms with Crippen molar-refractivity contribution in [1.29, 1.82) is 0 Å². The summed E-state index contributed by atoms with van der Waals surface area (Å²) in [5.41, 5.74) is 3.00. The Balaban J connectivity index is 1.14. The quantitative estimate of drug-likeness (QED) is 0.417. The third-order valence-electron chi connectivity index (χ3n) is 7.08. The van der Waals surface area contributed by atoms with Crippen LogP contribution in [0.5, 0.6) is 28.7 Å². The van der Waals surface area contributed by atoms with E-state index >= 15 is 0 Å². The van der Waals surface area contributed by atoms with Crippen molar-refractivity contribution in [2.45, 2.75) is 13.1 Å². The third kappa shape index (κ3) is 4.84. The van der Waals surface area contributed by atoms with Gasteiger partial charge >= 0.3 is 0 Å². The minimum atomic E-state index is -0.211. The van der Waals surface area contributed by atoms with E-state index in [1.807, 2.05) is 30.3 Å². The Morgan fingerprint density at radius 3 is 2.53 bits per heavy atom. The number of rotatable bonds is 6. The van der Waals surface area contributed by atoms with Crippen LogP contribution in [0, 0.1) is 0 Å². The second-order valence-electron chi connectivity index (χ2n) is 9.51. The van der Waals surface area contributed by atoms with Crippen LogP contribution >= 0.6 is 15.9 Å². The van der Waals surface area contributed by atoms with Crippen LogP contribution in [-0.4, -0.2) is 60.8 Å². The van der Waals surface area contributed by atoms with E-state index in [2.05, 4.69) is 31.8 Å². The molecule has 0 aromatic heterocycles. The highest BCUT2D eigenvalue weighted by Crippen LogP contribution is 2.41. The molecular weight excluding hydrogens is 552 g/mol. The summed E-state index contributed by atoms with van der Waals surface area (Å²) in [6.07, 6.45) is 1.68. The molecule has 0 amide bonds. The summed E-state index contributed by atoms with van der Waals surface area (Å²) in [4.78, 5) is 17.8. The van der Waals surface area contributed by atoms with Gasteiger partial charge in [0, 0.05) is 49.3 Å². The molecule has 0 aliphatic carbocycles. The van der Waals surface area contributed by atoms with Gasteiger partial charge in [-0.2, -0.15) is 0 Å². The normalized spacial score (nSPS) is 18.1. The molecule has 1 fully saturated rings.